The lowest BCUT2D eigenvalue weighted by Gasteiger charge is -2.56. The second-order valence-corrected chi connectivity index (χ2v) is 13.1. The maximum absolute atomic E-state index is 13.4. The fourth-order valence-corrected chi connectivity index (χ4v) is 8.57. The van der Waals surface area contributed by atoms with Crippen LogP contribution in [0.2, 0.25) is 0 Å². The first-order chi connectivity index (χ1) is 18.7. The van der Waals surface area contributed by atoms with Crippen LogP contribution in [0.5, 0.6) is 5.75 Å². The zero-order chi connectivity index (χ0) is 27.4. The molecule has 4 aliphatic rings. The van der Waals surface area contributed by atoms with Gasteiger partial charge in [0.15, 0.2) is 0 Å². The van der Waals surface area contributed by atoms with Crippen LogP contribution < -0.4 is 4.74 Å². The molecule has 6 rings (SSSR count). The molecule has 0 spiro atoms. The highest BCUT2D eigenvalue weighted by atomic mass is 16.6. The van der Waals surface area contributed by atoms with E-state index in [4.69, 9.17) is 4.74 Å². The zero-order valence-corrected chi connectivity index (χ0v) is 23.7. The van der Waals surface area contributed by atoms with Crippen molar-refractivity contribution in [3.05, 3.63) is 65.8 Å². The molecule has 6 atom stereocenters. The predicted octanol–water partition coefficient (Wildman–Crippen LogP) is 7.03. The van der Waals surface area contributed by atoms with Gasteiger partial charge >= 0.3 is 6.09 Å². The van der Waals surface area contributed by atoms with Gasteiger partial charge in [-0.3, -0.25) is 0 Å². The first-order valence-electron chi connectivity index (χ1n) is 14.9. The van der Waals surface area contributed by atoms with E-state index in [1.807, 2.05) is 42.5 Å². The maximum atomic E-state index is 13.4. The normalized spacial score (nSPS) is 35.4. The van der Waals surface area contributed by atoms with Crippen molar-refractivity contribution in [3.63, 3.8) is 0 Å². The Balaban J connectivity index is 1.23. The molecule has 5 heteroatoms. The molecule has 0 saturated heterocycles. The predicted molar refractivity (Wildman–Crippen MR) is 154 cm³/mol. The van der Waals surface area contributed by atoms with Gasteiger partial charge in [-0.25, -0.2) is 4.79 Å². The van der Waals surface area contributed by atoms with Crippen LogP contribution in [0.15, 0.2) is 65.8 Å². The van der Waals surface area contributed by atoms with E-state index in [0.29, 0.717) is 37.1 Å². The van der Waals surface area contributed by atoms with Crippen LogP contribution in [0.4, 0.5) is 4.79 Å². The molecule has 2 aromatic carbocycles. The van der Waals surface area contributed by atoms with E-state index in [2.05, 4.69) is 32.9 Å². The first kappa shape index (κ1) is 26.6. The summed E-state index contributed by atoms with van der Waals surface area (Å²) in [7, 11) is 0. The Morgan fingerprint density at radius 2 is 1.77 bits per heavy atom. The standard InChI is InChI=1S/C34H43NO4/c1-4-19-35(31(37)39-27-11-9-23-7-5-6-8-24(23)20-27)22-34(38)18-15-30-28-12-10-25-21-26(36)13-16-32(25,2)29(28)14-17-33(30,34)3/h5-12,20,26,29-30,36,38H,4,13-19,21-22H2,1-3H3/t26-,29-,30-,32-,33-,34+/m0/s1. The summed E-state index contributed by atoms with van der Waals surface area (Å²) in [5.74, 6) is 1.32. The van der Waals surface area contributed by atoms with Gasteiger partial charge in [-0.15, -0.1) is 0 Å². The summed E-state index contributed by atoms with van der Waals surface area (Å²) in [6, 6.07) is 13.8. The highest BCUT2D eigenvalue weighted by Gasteiger charge is 2.62. The number of amides is 1. The highest BCUT2D eigenvalue weighted by molar-refractivity contribution is 5.84. The Kier molecular flexibility index (Phi) is 6.67. The number of aliphatic hydroxyl groups is 2. The Bertz CT molecular complexity index is 1330. The van der Waals surface area contributed by atoms with Gasteiger partial charge in [0.1, 0.15) is 5.75 Å². The molecule has 0 radical (unpaired) electrons. The Labute approximate surface area is 232 Å². The zero-order valence-electron chi connectivity index (χ0n) is 23.7. The minimum absolute atomic E-state index is 0.114. The fraction of sp³-hybridized carbons (Fsp3) is 0.559. The van der Waals surface area contributed by atoms with Crippen molar-refractivity contribution >= 4 is 16.9 Å². The second-order valence-electron chi connectivity index (χ2n) is 13.1. The van der Waals surface area contributed by atoms with Crippen molar-refractivity contribution < 1.29 is 19.7 Å². The van der Waals surface area contributed by atoms with E-state index in [1.54, 1.807) is 4.90 Å². The van der Waals surface area contributed by atoms with E-state index in [9.17, 15) is 15.0 Å². The van der Waals surface area contributed by atoms with Crippen LogP contribution in [0.25, 0.3) is 10.8 Å². The number of carbonyl (C=O) groups excluding carboxylic acids is 1. The number of nitrogens with zero attached hydrogens (tertiary/aromatic N) is 1. The number of rotatable bonds is 5. The van der Waals surface area contributed by atoms with Crippen LogP contribution in [-0.4, -0.2) is 46.0 Å². The Hall–Kier alpha value is -2.63. The van der Waals surface area contributed by atoms with E-state index in [0.717, 1.165) is 55.7 Å². The highest BCUT2D eigenvalue weighted by Crippen LogP contribution is 2.66. The smallest absolute Gasteiger partial charge is 0.410 e. The van der Waals surface area contributed by atoms with Crippen molar-refractivity contribution in [1.29, 1.82) is 0 Å². The van der Waals surface area contributed by atoms with E-state index in [-0.39, 0.29) is 23.0 Å². The summed E-state index contributed by atoms with van der Waals surface area (Å²) in [5, 5.41) is 24.7. The van der Waals surface area contributed by atoms with Gasteiger partial charge in [0.25, 0.3) is 0 Å². The third kappa shape index (κ3) is 4.33. The van der Waals surface area contributed by atoms with E-state index >= 15 is 0 Å². The molecule has 3 saturated carbocycles. The van der Waals surface area contributed by atoms with Gasteiger partial charge in [0.2, 0.25) is 0 Å². The van der Waals surface area contributed by atoms with Gasteiger partial charge < -0.3 is 19.8 Å². The molecule has 208 valence electrons. The molecule has 0 aromatic heterocycles. The van der Waals surface area contributed by atoms with Crippen molar-refractivity contribution in [2.24, 2.45) is 22.7 Å². The number of aliphatic hydroxyl groups excluding tert-OH is 1. The lowest BCUT2D eigenvalue weighted by molar-refractivity contribution is -0.0979. The van der Waals surface area contributed by atoms with Crippen LogP contribution in [0, 0.1) is 22.7 Å². The van der Waals surface area contributed by atoms with Gasteiger partial charge in [0.05, 0.1) is 18.2 Å². The lowest BCUT2D eigenvalue weighted by Crippen LogP contribution is -2.57. The van der Waals surface area contributed by atoms with E-state index < -0.39 is 5.60 Å². The van der Waals surface area contributed by atoms with Gasteiger partial charge in [-0.05, 0) is 91.5 Å². The minimum atomic E-state index is -0.964. The molecule has 2 aromatic rings. The number of carbonyl (C=O) groups is 1. The number of fused-ring (bicyclic) bond motifs is 6. The minimum Gasteiger partial charge on any atom is -0.410 e. The molecule has 0 unspecified atom stereocenters. The molecule has 2 N–H and O–H groups in total. The van der Waals surface area contributed by atoms with Gasteiger partial charge in [0, 0.05) is 12.0 Å². The quantitative estimate of drug-likeness (QED) is 0.436. The second kappa shape index (κ2) is 9.78. The number of hydrogen-bond acceptors (Lipinski definition) is 4. The van der Waals surface area contributed by atoms with Crippen LogP contribution in [0.3, 0.4) is 0 Å². The van der Waals surface area contributed by atoms with Crippen LogP contribution in [-0.2, 0) is 0 Å². The molecule has 0 heterocycles. The molecule has 4 aliphatic carbocycles. The average Bonchev–Trinajstić information content (AvgIpc) is 3.19. The van der Waals surface area contributed by atoms with Crippen LogP contribution >= 0.6 is 0 Å². The third-order valence-electron chi connectivity index (χ3n) is 11.0. The number of hydrogen-bond donors (Lipinski definition) is 2. The first-order valence-corrected chi connectivity index (χ1v) is 14.9. The monoisotopic (exact) mass is 529 g/mol. The fourth-order valence-electron chi connectivity index (χ4n) is 8.57. The SMILES string of the molecule is CCCN(C[C@]1(O)CC[C@H]2C3=CC=C4C[C@@H](O)CC[C@]4(C)[C@H]3CC[C@@]21C)C(=O)Oc1ccc2ccccc2c1. The lowest BCUT2D eigenvalue weighted by atomic mass is 9.50. The summed E-state index contributed by atoms with van der Waals surface area (Å²) in [6.45, 7) is 7.56. The summed E-state index contributed by atoms with van der Waals surface area (Å²) >= 11 is 0. The topological polar surface area (TPSA) is 70.0 Å². The summed E-state index contributed by atoms with van der Waals surface area (Å²) in [6.07, 6.45) is 11.1. The molecule has 3 fully saturated rings. The number of ether oxygens (including phenoxy) is 1. The van der Waals surface area contributed by atoms with Crippen molar-refractivity contribution in [2.45, 2.75) is 83.8 Å². The number of allylic oxidation sites excluding steroid dienone is 3. The number of benzene rings is 2. The summed E-state index contributed by atoms with van der Waals surface area (Å²) in [5.41, 5.74) is 1.75. The maximum Gasteiger partial charge on any atom is 0.415 e. The van der Waals surface area contributed by atoms with Crippen LogP contribution in [0.1, 0.15) is 72.1 Å². The third-order valence-corrected chi connectivity index (χ3v) is 11.0. The van der Waals surface area contributed by atoms with Crippen molar-refractivity contribution in [2.75, 3.05) is 13.1 Å². The summed E-state index contributed by atoms with van der Waals surface area (Å²) < 4.78 is 5.86. The van der Waals surface area contributed by atoms with Gasteiger partial charge in [-0.2, -0.15) is 0 Å². The summed E-state index contributed by atoms with van der Waals surface area (Å²) in [4.78, 5) is 15.2. The molecule has 1 amide bonds. The van der Waals surface area contributed by atoms with Gasteiger partial charge in [-0.1, -0.05) is 74.4 Å². The van der Waals surface area contributed by atoms with E-state index in [1.165, 1.54) is 11.1 Å². The molecule has 0 bridgehead atoms. The molecule has 39 heavy (non-hydrogen) atoms. The van der Waals surface area contributed by atoms with Crippen molar-refractivity contribution in [3.8, 4) is 5.75 Å². The molecular formula is C34H43NO4. The molecular weight excluding hydrogens is 486 g/mol. The molecule has 0 aliphatic heterocycles. The Morgan fingerprint density at radius 3 is 2.56 bits per heavy atom. The Morgan fingerprint density at radius 1 is 1.00 bits per heavy atom. The average molecular weight is 530 g/mol. The van der Waals surface area contributed by atoms with Crippen molar-refractivity contribution in [1.82, 2.24) is 4.90 Å². The largest absolute Gasteiger partial charge is 0.415 e. The molecule has 5 nitrogen and oxygen atoms in total.